The molecule has 1 aliphatic rings. The number of amides is 1. The smallest absolute Gasteiger partial charge is 0.334 e. The molecular formula is C18H20N2O5. The number of rotatable bonds is 5. The van der Waals surface area contributed by atoms with Gasteiger partial charge < -0.3 is 19.2 Å². The molecule has 0 saturated carbocycles. The molecule has 7 heteroatoms. The maximum atomic E-state index is 12.4. The summed E-state index contributed by atoms with van der Waals surface area (Å²) in [5, 5.41) is 9.09. The molecule has 1 aromatic carbocycles. The first-order valence-corrected chi connectivity index (χ1v) is 8.19. The highest BCUT2D eigenvalue weighted by Crippen LogP contribution is 2.20. The first kappa shape index (κ1) is 17.2. The number of carboxylic acids is 1. The topological polar surface area (TPSA) is 92.9 Å². The third-order valence-corrected chi connectivity index (χ3v) is 4.05. The van der Waals surface area contributed by atoms with E-state index in [0.717, 1.165) is 5.56 Å². The van der Waals surface area contributed by atoms with Gasteiger partial charge in [0.2, 0.25) is 5.91 Å². The predicted octanol–water partition coefficient (Wildman–Crippen LogP) is 1.97. The number of aliphatic carboxylic acids is 1. The van der Waals surface area contributed by atoms with Crippen molar-refractivity contribution >= 4 is 11.9 Å². The fourth-order valence-corrected chi connectivity index (χ4v) is 2.83. The zero-order valence-electron chi connectivity index (χ0n) is 13.9. The van der Waals surface area contributed by atoms with Crippen molar-refractivity contribution in [2.45, 2.75) is 32.0 Å². The Bertz CT molecular complexity index is 743. The van der Waals surface area contributed by atoms with Gasteiger partial charge >= 0.3 is 5.97 Å². The zero-order valence-corrected chi connectivity index (χ0v) is 13.9. The average Bonchev–Trinajstić information content (AvgIpc) is 3.09. The zero-order chi connectivity index (χ0) is 17.8. The van der Waals surface area contributed by atoms with E-state index in [4.69, 9.17) is 14.3 Å². The molecule has 2 aromatic rings. The van der Waals surface area contributed by atoms with Crippen LogP contribution in [0.15, 0.2) is 40.9 Å². The summed E-state index contributed by atoms with van der Waals surface area (Å²) in [4.78, 5) is 29.2. The van der Waals surface area contributed by atoms with Gasteiger partial charge in [-0.05, 0) is 6.92 Å². The number of ether oxygens (including phenoxy) is 1. The summed E-state index contributed by atoms with van der Waals surface area (Å²) in [6, 6.07) is 9.61. The van der Waals surface area contributed by atoms with Crippen LogP contribution in [-0.4, -0.2) is 52.2 Å². The molecule has 1 saturated heterocycles. The highest BCUT2D eigenvalue weighted by atomic mass is 16.5. The molecule has 25 heavy (non-hydrogen) atoms. The fraction of sp³-hybridized carbons (Fsp3) is 0.389. The van der Waals surface area contributed by atoms with E-state index in [1.54, 1.807) is 13.1 Å². The van der Waals surface area contributed by atoms with Crippen LogP contribution in [0.5, 0.6) is 0 Å². The second-order valence-electron chi connectivity index (χ2n) is 6.06. The van der Waals surface area contributed by atoms with Crippen molar-refractivity contribution in [3.63, 3.8) is 0 Å². The lowest BCUT2D eigenvalue weighted by atomic mass is 10.2. The number of nitrogens with zero attached hydrogens (tertiary/aromatic N) is 2. The van der Waals surface area contributed by atoms with Crippen LogP contribution in [0.2, 0.25) is 0 Å². The van der Waals surface area contributed by atoms with Crippen LogP contribution in [0.4, 0.5) is 0 Å². The lowest BCUT2D eigenvalue weighted by Gasteiger charge is -2.34. The van der Waals surface area contributed by atoms with Gasteiger partial charge in [0.25, 0.3) is 0 Å². The van der Waals surface area contributed by atoms with Crippen LogP contribution in [0, 0.1) is 0 Å². The Hall–Kier alpha value is -2.67. The molecule has 1 fully saturated rings. The number of hydrogen-bond donors (Lipinski definition) is 1. The van der Waals surface area contributed by atoms with Crippen LogP contribution in [0.1, 0.15) is 19.2 Å². The lowest BCUT2D eigenvalue weighted by molar-refractivity contribution is -0.166. The van der Waals surface area contributed by atoms with Gasteiger partial charge in [0.1, 0.15) is 0 Å². The molecule has 3 rings (SSSR count). The Morgan fingerprint density at radius 3 is 2.76 bits per heavy atom. The average molecular weight is 344 g/mol. The van der Waals surface area contributed by atoms with Gasteiger partial charge in [-0.15, -0.1) is 0 Å². The summed E-state index contributed by atoms with van der Waals surface area (Å²) in [5.74, 6) is -0.0253. The molecule has 1 amide bonds. The highest BCUT2D eigenvalue weighted by molar-refractivity contribution is 5.79. The highest BCUT2D eigenvalue weighted by Gasteiger charge is 2.32. The van der Waals surface area contributed by atoms with E-state index in [9.17, 15) is 9.59 Å². The lowest BCUT2D eigenvalue weighted by Crippen LogP contribution is -2.51. The predicted molar refractivity (Wildman–Crippen MR) is 88.8 cm³/mol. The summed E-state index contributed by atoms with van der Waals surface area (Å²) in [6.07, 6.45) is 0.958. The van der Waals surface area contributed by atoms with E-state index in [-0.39, 0.29) is 25.0 Å². The molecule has 0 radical (unpaired) electrons. The maximum absolute atomic E-state index is 12.4. The van der Waals surface area contributed by atoms with Gasteiger partial charge in [-0.1, -0.05) is 30.3 Å². The van der Waals surface area contributed by atoms with Gasteiger partial charge in [-0.3, -0.25) is 4.79 Å². The first-order chi connectivity index (χ1) is 12.0. The number of benzene rings is 1. The SMILES string of the molecule is C[C@@H]1CN(C(=O)CCc2ncc(-c3ccccc3)o2)CC(C(=O)O)O1. The molecule has 0 aliphatic carbocycles. The van der Waals surface area contributed by atoms with Crippen molar-refractivity contribution in [3.8, 4) is 11.3 Å². The number of aryl methyl sites for hydroxylation is 1. The molecule has 132 valence electrons. The number of aromatic nitrogens is 1. The Balaban J connectivity index is 1.57. The maximum Gasteiger partial charge on any atom is 0.334 e. The minimum atomic E-state index is -1.05. The van der Waals surface area contributed by atoms with E-state index >= 15 is 0 Å². The van der Waals surface area contributed by atoms with E-state index in [1.807, 2.05) is 30.3 Å². The molecule has 1 aliphatic heterocycles. The molecule has 1 N–H and O–H groups in total. The minimum Gasteiger partial charge on any atom is -0.479 e. The monoisotopic (exact) mass is 344 g/mol. The molecule has 7 nitrogen and oxygen atoms in total. The molecule has 2 heterocycles. The van der Waals surface area contributed by atoms with Gasteiger partial charge in [0.05, 0.1) is 18.8 Å². The summed E-state index contributed by atoms with van der Waals surface area (Å²) in [7, 11) is 0. The number of carbonyl (C=O) groups is 2. The molecule has 1 unspecified atom stereocenters. The van der Waals surface area contributed by atoms with E-state index < -0.39 is 12.1 Å². The molecule has 0 bridgehead atoms. The normalized spacial score (nSPS) is 20.4. The largest absolute Gasteiger partial charge is 0.479 e. The van der Waals surface area contributed by atoms with Gasteiger partial charge in [0, 0.05) is 24.9 Å². The third-order valence-electron chi connectivity index (χ3n) is 4.05. The number of carbonyl (C=O) groups excluding carboxylic acids is 1. The van der Waals surface area contributed by atoms with Crippen molar-refractivity contribution in [1.29, 1.82) is 0 Å². The number of oxazole rings is 1. The first-order valence-electron chi connectivity index (χ1n) is 8.19. The summed E-state index contributed by atoms with van der Waals surface area (Å²) in [6.45, 7) is 2.22. The van der Waals surface area contributed by atoms with Crippen LogP contribution in [0.25, 0.3) is 11.3 Å². The van der Waals surface area contributed by atoms with Crippen LogP contribution in [0.3, 0.4) is 0 Å². The number of hydrogen-bond acceptors (Lipinski definition) is 5. The van der Waals surface area contributed by atoms with Crippen LogP contribution < -0.4 is 0 Å². The van der Waals surface area contributed by atoms with Crippen molar-refractivity contribution < 1.29 is 23.8 Å². The number of morpholine rings is 1. The quantitative estimate of drug-likeness (QED) is 0.891. The standard InChI is InChI=1S/C18H20N2O5/c1-12-10-20(11-15(24-12)18(22)23)17(21)8-7-16-19-9-14(25-16)13-5-3-2-4-6-13/h2-6,9,12,15H,7-8,10-11H2,1H3,(H,22,23)/t12-,15?/m1/s1. The van der Waals surface area contributed by atoms with Crippen molar-refractivity contribution in [1.82, 2.24) is 9.88 Å². The molecular weight excluding hydrogens is 324 g/mol. The second kappa shape index (κ2) is 7.48. The Labute approximate surface area is 145 Å². The van der Waals surface area contributed by atoms with E-state index in [2.05, 4.69) is 4.98 Å². The second-order valence-corrected chi connectivity index (χ2v) is 6.06. The Morgan fingerprint density at radius 1 is 1.28 bits per heavy atom. The molecule has 2 atom stereocenters. The van der Waals surface area contributed by atoms with E-state index in [1.165, 1.54) is 4.90 Å². The summed E-state index contributed by atoms with van der Waals surface area (Å²) < 4.78 is 11.0. The molecule has 1 aromatic heterocycles. The Kier molecular flexibility index (Phi) is 5.14. The van der Waals surface area contributed by atoms with E-state index in [0.29, 0.717) is 24.6 Å². The van der Waals surface area contributed by atoms with Crippen LogP contribution in [-0.2, 0) is 20.7 Å². The minimum absolute atomic E-state index is 0.0688. The van der Waals surface area contributed by atoms with Gasteiger partial charge in [0.15, 0.2) is 17.8 Å². The molecule has 0 spiro atoms. The van der Waals surface area contributed by atoms with Crippen LogP contribution >= 0.6 is 0 Å². The summed E-state index contributed by atoms with van der Waals surface area (Å²) in [5.41, 5.74) is 0.930. The van der Waals surface area contributed by atoms with Crippen molar-refractivity contribution in [2.24, 2.45) is 0 Å². The van der Waals surface area contributed by atoms with Gasteiger partial charge in [-0.2, -0.15) is 0 Å². The van der Waals surface area contributed by atoms with Crippen molar-refractivity contribution in [2.75, 3.05) is 13.1 Å². The summed E-state index contributed by atoms with van der Waals surface area (Å²) >= 11 is 0. The Morgan fingerprint density at radius 2 is 2.04 bits per heavy atom. The van der Waals surface area contributed by atoms with Gasteiger partial charge in [-0.25, -0.2) is 9.78 Å². The third kappa shape index (κ3) is 4.24. The van der Waals surface area contributed by atoms with Crippen molar-refractivity contribution in [3.05, 3.63) is 42.4 Å². The number of carboxylic acid groups (broad SMARTS) is 1. The fourth-order valence-electron chi connectivity index (χ4n) is 2.83.